The Hall–Kier alpha value is -1.31. The van der Waals surface area contributed by atoms with Gasteiger partial charge in [0.25, 0.3) is 0 Å². The van der Waals surface area contributed by atoms with Crippen molar-refractivity contribution in [1.29, 1.82) is 0 Å². The molecule has 1 heterocycles. The van der Waals surface area contributed by atoms with Gasteiger partial charge in [0, 0.05) is 11.1 Å². The third-order valence-corrected chi connectivity index (χ3v) is 2.67. The summed E-state index contributed by atoms with van der Waals surface area (Å²) in [6.45, 7) is 6.85. The second-order valence-electron chi connectivity index (χ2n) is 3.48. The zero-order chi connectivity index (χ0) is 9.42. The monoisotopic (exact) mass is 175 g/mol. The SMILES string of the molecule is CC1=NOCc2c1ccc(C)c2C. The van der Waals surface area contributed by atoms with Gasteiger partial charge in [-0.15, -0.1) is 0 Å². The second kappa shape index (κ2) is 2.87. The first kappa shape index (κ1) is 8.30. The van der Waals surface area contributed by atoms with Crippen LogP contribution in [0.1, 0.15) is 29.2 Å². The first-order valence-electron chi connectivity index (χ1n) is 4.46. The van der Waals surface area contributed by atoms with E-state index in [1.807, 2.05) is 6.92 Å². The van der Waals surface area contributed by atoms with Gasteiger partial charge in [0.1, 0.15) is 6.61 Å². The molecule has 68 valence electrons. The van der Waals surface area contributed by atoms with Gasteiger partial charge in [-0.3, -0.25) is 0 Å². The van der Waals surface area contributed by atoms with Gasteiger partial charge in [-0.2, -0.15) is 0 Å². The lowest BCUT2D eigenvalue weighted by molar-refractivity contribution is 0.125. The van der Waals surface area contributed by atoms with Crippen LogP contribution in [-0.4, -0.2) is 5.71 Å². The maximum absolute atomic E-state index is 5.13. The molecule has 0 aliphatic carbocycles. The van der Waals surface area contributed by atoms with Crippen molar-refractivity contribution in [2.45, 2.75) is 27.4 Å². The average molecular weight is 175 g/mol. The van der Waals surface area contributed by atoms with Crippen LogP contribution >= 0.6 is 0 Å². The minimum atomic E-state index is 0.611. The molecule has 1 aliphatic rings. The van der Waals surface area contributed by atoms with Crippen molar-refractivity contribution in [3.63, 3.8) is 0 Å². The molecule has 0 spiro atoms. The van der Waals surface area contributed by atoms with E-state index in [2.05, 4.69) is 31.1 Å². The lowest BCUT2D eigenvalue weighted by Gasteiger charge is -2.17. The van der Waals surface area contributed by atoms with E-state index in [1.165, 1.54) is 22.3 Å². The molecule has 0 N–H and O–H groups in total. The van der Waals surface area contributed by atoms with Gasteiger partial charge in [0.2, 0.25) is 0 Å². The van der Waals surface area contributed by atoms with Gasteiger partial charge >= 0.3 is 0 Å². The summed E-state index contributed by atoms with van der Waals surface area (Å²) in [6.07, 6.45) is 0. The van der Waals surface area contributed by atoms with Crippen molar-refractivity contribution < 1.29 is 4.84 Å². The lowest BCUT2D eigenvalue weighted by Crippen LogP contribution is -2.10. The fourth-order valence-electron chi connectivity index (χ4n) is 1.64. The second-order valence-corrected chi connectivity index (χ2v) is 3.48. The molecule has 0 bridgehead atoms. The molecule has 2 rings (SSSR count). The molecule has 0 atom stereocenters. The molecular weight excluding hydrogens is 162 g/mol. The van der Waals surface area contributed by atoms with Gasteiger partial charge < -0.3 is 4.84 Å². The van der Waals surface area contributed by atoms with Crippen LogP contribution in [-0.2, 0) is 11.4 Å². The smallest absolute Gasteiger partial charge is 0.143 e. The number of fused-ring (bicyclic) bond motifs is 1. The highest BCUT2D eigenvalue weighted by molar-refractivity contribution is 6.00. The third-order valence-electron chi connectivity index (χ3n) is 2.67. The van der Waals surface area contributed by atoms with E-state index >= 15 is 0 Å². The number of nitrogens with zero attached hydrogens (tertiary/aromatic N) is 1. The fraction of sp³-hybridized carbons (Fsp3) is 0.364. The molecule has 1 aromatic rings. The molecule has 1 aromatic carbocycles. The highest BCUT2D eigenvalue weighted by atomic mass is 16.6. The summed E-state index contributed by atoms with van der Waals surface area (Å²) in [5.41, 5.74) is 6.13. The summed E-state index contributed by atoms with van der Waals surface area (Å²) >= 11 is 0. The third kappa shape index (κ3) is 1.22. The quantitative estimate of drug-likeness (QED) is 0.593. The Balaban J connectivity index is 2.65. The molecule has 0 saturated carbocycles. The zero-order valence-corrected chi connectivity index (χ0v) is 8.22. The zero-order valence-electron chi connectivity index (χ0n) is 8.22. The topological polar surface area (TPSA) is 21.6 Å². The minimum Gasteiger partial charge on any atom is -0.391 e. The Morgan fingerprint density at radius 2 is 2.00 bits per heavy atom. The van der Waals surface area contributed by atoms with Crippen LogP contribution in [0, 0.1) is 13.8 Å². The first-order chi connectivity index (χ1) is 6.20. The van der Waals surface area contributed by atoms with Crippen molar-refractivity contribution in [2.75, 3.05) is 0 Å². The van der Waals surface area contributed by atoms with Crippen molar-refractivity contribution in [2.24, 2.45) is 5.16 Å². The largest absolute Gasteiger partial charge is 0.391 e. The molecule has 13 heavy (non-hydrogen) atoms. The molecule has 2 nitrogen and oxygen atoms in total. The van der Waals surface area contributed by atoms with Gasteiger partial charge in [-0.05, 0) is 31.9 Å². The van der Waals surface area contributed by atoms with E-state index in [1.54, 1.807) is 0 Å². The molecule has 0 amide bonds. The summed E-state index contributed by atoms with van der Waals surface area (Å²) in [6, 6.07) is 4.26. The number of hydrogen-bond acceptors (Lipinski definition) is 2. The van der Waals surface area contributed by atoms with Crippen molar-refractivity contribution in [3.05, 3.63) is 34.4 Å². The van der Waals surface area contributed by atoms with Crippen molar-refractivity contribution in [3.8, 4) is 0 Å². The number of hydrogen-bond donors (Lipinski definition) is 0. The number of oxime groups is 1. The Morgan fingerprint density at radius 1 is 1.23 bits per heavy atom. The van der Waals surface area contributed by atoms with E-state index in [0.29, 0.717) is 6.61 Å². The van der Waals surface area contributed by atoms with Crippen LogP contribution in [0.5, 0.6) is 0 Å². The Kier molecular flexibility index (Phi) is 1.83. The van der Waals surface area contributed by atoms with Gasteiger partial charge in [0.05, 0.1) is 5.71 Å². The molecule has 0 saturated heterocycles. The van der Waals surface area contributed by atoms with Gasteiger partial charge in [-0.25, -0.2) is 0 Å². The van der Waals surface area contributed by atoms with Crippen molar-refractivity contribution in [1.82, 2.24) is 0 Å². The molecule has 0 aromatic heterocycles. The number of aryl methyl sites for hydroxylation is 1. The highest BCUT2D eigenvalue weighted by Gasteiger charge is 2.14. The van der Waals surface area contributed by atoms with Gasteiger partial charge in [0.15, 0.2) is 0 Å². The average Bonchev–Trinajstić information content (AvgIpc) is 2.12. The van der Waals surface area contributed by atoms with Crippen LogP contribution in [0.3, 0.4) is 0 Å². The molecule has 0 unspecified atom stereocenters. The number of benzene rings is 1. The highest BCUT2D eigenvalue weighted by Crippen LogP contribution is 2.22. The Labute approximate surface area is 78.2 Å². The Morgan fingerprint density at radius 3 is 2.77 bits per heavy atom. The summed E-state index contributed by atoms with van der Waals surface area (Å²) < 4.78 is 0. The molecular formula is C11H13NO. The molecule has 2 heteroatoms. The van der Waals surface area contributed by atoms with E-state index in [0.717, 1.165) is 5.71 Å². The van der Waals surface area contributed by atoms with Crippen LogP contribution < -0.4 is 0 Å². The summed E-state index contributed by atoms with van der Waals surface area (Å²) in [5.74, 6) is 0. The predicted octanol–water partition coefficient (Wildman–Crippen LogP) is 2.56. The molecule has 0 radical (unpaired) electrons. The van der Waals surface area contributed by atoms with E-state index in [4.69, 9.17) is 4.84 Å². The predicted molar refractivity (Wildman–Crippen MR) is 52.9 cm³/mol. The normalized spacial score (nSPS) is 14.5. The maximum Gasteiger partial charge on any atom is 0.143 e. The van der Waals surface area contributed by atoms with Gasteiger partial charge in [-0.1, -0.05) is 17.3 Å². The Bertz CT molecular complexity index is 380. The van der Waals surface area contributed by atoms with E-state index in [-0.39, 0.29) is 0 Å². The molecule has 1 aliphatic heterocycles. The number of rotatable bonds is 0. The van der Waals surface area contributed by atoms with Crippen LogP contribution in [0.4, 0.5) is 0 Å². The van der Waals surface area contributed by atoms with Crippen LogP contribution in [0.15, 0.2) is 17.3 Å². The van der Waals surface area contributed by atoms with E-state index < -0.39 is 0 Å². The molecule has 0 fully saturated rings. The minimum absolute atomic E-state index is 0.611. The van der Waals surface area contributed by atoms with E-state index in [9.17, 15) is 0 Å². The summed E-state index contributed by atoms with van der Waals surface area (Å²) in [5, 5.41) is 3.96. The van der Waals surface area contributed by atoms with Crippen LogP contribution in [0.25, 0.3) is 0 Å². The first-order valence-corrected chi connectivity index (χ1v) is 4.46. The summed E-state index contributed by atoms with van der Waals surface area (Å²) in [4.78, 5) is 5.13. The maximum atomic E-state index is 5.13. The fourth-order valence-corrected chi connectivity index (χ4v) is 1.64. The lowest BCUT2D eigenvalue weighted by atomic mass is 9.95. The summed E-state index contributed by atoms with van der Waals surface area (Å²) in [7, 11) is 0. The van der Waals surface area contributed by atoms with Crippen molar-refractivity contribution >= 4 is 5.71 Å². The standard InChI is InChI=1S/C11H13NO/c1-7-4-5-10-9(3)12-13-6-11(10)8(7)2/h4-5H,6H2,1-3H3. The van der Waals surface area contributed by atoms with Crippen LogP contribution in [0.2, 0.25) is 0 Å².